The van der Waals surface area contributed by atoms with Gasteiger partial charge in [0.05, 0.1) is 0 Å². The fourth-order valence-corrected chi connectivity index (χ4v) is 8.64. The number of benzene rings is 10. The number of hydrogen-bond acceptors (Lipinski definition) is 1. The first-order valence-corrected chi connectivity index (χ1v) is 17.6. The molecule has 1 nitrogen and oxygen atoms in total. The highest BCUT2D eigenvalue weighted by molar-refractivity contribution is 6.28. The van der Waals surface area contributed by atoms with Crippen molar-refractivity contribution >= 4 is 75.8 Å². The molecule has 0 N–H and O–H groups in total. The summed E-state index contributed by atoms with van der Waals surface area (Å²) < 4.78 is 6.56. The SMILES string of the molecule is c1ccc(-c2cccc3c2ccc2c(-c4c5ccccc5c(-c5cccc6oc7cc8ccccc8cc7c56)c5ccccc45)cccc23)cc1. The maximum atomic E-state index is 6.56. The van der Waals surface area contributed by atoms with E-state index in [-0.39, 0.29) is 0 Å². The van der Waals surface area contributed by atoms with Crippen LogP contribution in [0.2, 0.25) is 0 Å². The second-order valence-corrected chi connectivity index (χ2v) is 13.6. The van der Waals surface area contributed by atoms with Gasteiger partial charge >= 0.3 is 0 Å². The van der Waals surface area contributed by atoms with Crippen LogP contribution in [0, 0.1) is 0 Å². The van der Waals surface area contributed by atoms with Crippen molar-refractivity contribution in [3.8, 4) is 33.4 Å². The van der Waals surface area contributed by atoms with Crippen LogP contribution in [0.15, 0.2) is 186 Å². The Kier molecular flexibility index (Phi) is 6.02. The Hall–Kier alpha value is -6.70. The lowest BCUT2D eigenvalue weighted by Gasteiger charge is -2.19. The summed E-state index contributed by atoms with van der Waals surface area (Å²) in [5.74, 6) is 0. The molecular formula is C50H30O. The van der Waals surface area contributed by atoms with Crippen LogP contribution in [-0.2, 0) is 0 Å². The van der Waals surface area contributed by atoms with E-state index in [0.29, 0.717) is 0 Å². The third kappa shape index (κ3) is 4.16. The zero-order chi connectivity index (χ0) is 33.5. The molecule has 51 heavy (non-hydrogen) atoms. The summed E-state index contributed by atoms with van der Waals surface area (Å²) in [7, 11) is 0. The maximum absolute atomic E-state index is 6.56. The molecule has 11 rings (SSSR count). The monoisotopic (exact) mass is 646 g/mol. The molecule has 10 aromatic carbocycles. The van der Waals surface area contributed by atoms with E-state index < -0.39 is 0 Å². The van der Waals surface area contributed by atoms with Crippen LogP contribution < -0.4 is 0 Å². The predicted molar refractivity (Wildman–Crippen MR) is 218 cm³/mol. The molecule has 236 valence electrons. The first-order valence-electron chi connectivity index (χ1n) is 17.6. The van der Waals surface area contributed by atoms with E-state index in [4.69, 9.17) is 4.42 Å². The standard InChI is InChI=1S/C50H30O/c1-2-13-31(14-3-1)34-21-10-22-35-36-23-11-24-39(38(36)28-27-37(34)35)48-40-17-6-8-19-42(40)49(43-20-9-7-18-41(43)48)44-25-12-26-46-50(44)45-29-32-15-4-5-16-33(32)30-47(45)51-46/h1-30H. The van der Waals surface area contributed by atoms with Crippen molar-refractivity contribution in [1.82, 2.24) is 0 Å². The first-order chi connectivity index (χ1) is 25.3. The molecule has 11 aromatic rings. The van der Waals surface area contributed by atoms with E-state index in [1.165, 1.54) is 87.2 Å². The first kappa shape index (κ1) is 28.2. The minimum absolute atomic E-state index is 0.908. The molecule has 0 radical (unpaired) electrons. The van der Waals surface area contributed by atoms with Gasteiger partial charge in [0.25, 0.3) is 0 Å². The quantitative estimate of drug-likeness (QED) is 0.138. The molecule has 0 saturated heterocycles. The van der Waals surface area contributed by atoms with Gasteiger partial charge in [-0.05, 0) is 105 Å². The molecule has 0 aliphatic heterocycles. The Bertz CT molecular complexity index is 3130. The lowest BCUT2D eigenvalue weighted by Crippen LogP contribution is -1.92. The van der Waals surface area contributed by atoms with Gasteiger partial charge in [0.1, 0.15) is 11.2 Å². The van der Waals surface area contributed by atoms with Crippen molar-refractivity contribution in [2.24, 2.45) is 0 Å². The van der Waals surface area contributed by atoms with Crippen LogP contribution in [0.3, 0.4) is 0 Å². The Labute approximate surface area is 294 Å². The van der Waals surface area contributed by atoms with Crippen LogP contribution in [0.25, 0.3) is 109 Å². The second-order valence-electron chi connectivity index (χ2n) is 13.6. The minimum atomic E-state index is 0.908. The summed E-state index contributed by atoms with van der Waals surface area (Å²) in [4.78, 5) is 0. The van der Waals surface area contributed by atoms with Crippen molar-refractivity contribution in [2.75, 3.05) is 0 Å². The van der Waals surface area contributed by atoms with Gasteiger partial charge in [-0.15, -0.1) is 0 Å². The third-order valence-corrected chi connectivity index (χ3v) is 10.8. The van der Waals surface area contributed by atoms with Crippen LogP contribution >= 0.6 is 0 Å². The Balaban J connectivity index is 1.23. The summed E-state index contributed by atoms with van der Waals surface area (Å²) in [6.45, 7) is 0. The summed E-state index contributed by atoms with van der Waals surface area (Å²) in [5.41, 5.74) is 9.27. The molecule has 0 aliphatic rings. The van der Waals surface area contributed by atoms with E-state index in [1.54, 1.807) is 0 Å². The lowest BCUT2D eigenvalue weighted by atomic mass is 9.83. The molecule has 1 heterocycles. The molecule has 1 aromatic heterocycles. The van der Waals surface area contributed by atoms with E-state index in [2.05, 4.69) is 182 Å². The van der Waals surface area contributed by atoms with Crippen LogP contribution in [0.5, 0.6) is 0 Å². The Morgan fingerprint density at radius 3 is 1.43 bits per heavy atom. The highest BCUT2D eigenvalue weighted by Gasteiger charge is 2.21. The van der Waals surface area contributed by atoms with Crippen LogP contribution in [0.1, 0.15) is 0 Å². The van der Waals surface area contributed by atoms with Gasteiger partial charge in [-0.2, -0.15) is 0 Å². The summed E-state index contributed by atoms with van der Waals surface area (Å²) in [6, 6.07) is 66.3. The fourth-order valence-electron chi connectivity index (χ4n) is 8.64. The summed E-state index contributed by atoms with van der Waals surface area (Å²) >= 11 is 0. The van der Waals surface area contributed by atoms with Gasteiger partial charge < -0.3 is 4.42 Å². The van der Waals surface area contributed by atoms with E-state index in [9.17, 15) is 0 Å². The van der Waals surface area contributed by atoms with Crippen molar-refractivity contribution in [2.45, 2.75) is 0 Å². The number of fused-ring (bicyclic) bond motifs is 9. The molecule has 0 saturated carbocycles. The molecule has 0 atom stereocenters. The molecule has 0 bridgehead atoms. The molecule has 0 fully saturated rings. The average molecular weight is 647 g/mol. The van der Waals surface area contributed by atoms with Crippen molar-refractivity contribution < 1.29 is 4.42 Å². The third-order valence-electron chi connectivity index (χ3n) is 10.8. The zero-order valence-electron chi connectivity index (χ0n) is 27.7. The van der Waals surface area contributed by atoms with Crippen LogP contribution in [0.4, 0.5) is 0 Å². The highest BCUT2D eigenvalue weighted by atomic mass is 16.3. The van der Waals surface area contributed by atoms with Crippen molar-refractivity contribution in [3.63, 3.8) is 0 Å². The van der Waals surface area contributed by atoms with Crippen molar-refractivity contribution in [3.05, 3.63) is 182 Å². The maximum Gasteiger partial charge on any atom is 0.136 e. The smallest absolute Gasteiger partial charge is 0.136 e. The molecule has 1 heteroatoms. The molecule has 0 amide bonds. The average Bonchev–Trinajstić information content (AvgIpc) is 3.56. The topological polar surface area (TPSA) is 13.1 Å². The normalized spacial score (nSPS) is 11.9. The highest BCUT2D eigenvalue weighted by Crippen LogP contribution is 2.48. The lowest BCUT2D eigenvalue weighted by molar-refractivity contribution is 0.669. The number of hydrogen-bond donors (Lipinski definition) is 0. The Morgan fingerprint density at radius 1 is 0.275 bits per heavy atom. The van der Waals surface area contributed by atoms with Gasteiger partial charge in [0.15, 0.2) is 0 Å². The van der Waals surface area contributed by atoms with Gasteiger partial charge in [-0.1, -0.05) is 164 Å². The van der Waals surface area contributed by atoms with Gasteiger partial charge in [0, 0.05) is 10.8 Å². The van der Waals surface area contributed by atoms with Gasteiger partial charge in [-0.3, -0.25) is 0 Å². The minimum Gasteiger partial charge on any atom is -0.456 e. The Morgan fingerprint density at radius 2 is 0.765 bits per heavy atom. The molecule has 0 spiro atoms. The van der Waals surface area contributed by atoms with E-state index in [0.717, 1.165) is 21.9 Å². The summed E-state index contributed by atoms with van der Waals surface area (Å²) in [5, 5.41) is 14.7. The predicted octanol–water partition coefficient (Wildman–Crippen LogP) is 14.4. The van der Waals surface area contributed by atoms with Gasteiger partial charge in [-0.25, -0.2) is 0 Å². The summed E-state index contributed by atoms with van der Waals surface area (Å²) in [6.07, 6.45) is 0. The van der Waals surface area contributed by atoms with E-state index in [1.807, 2.05) is 0 Å². The zero-order valence-corrected chi connectivity index (χ0v) is 27.7. The second kappa shape index (κ2) is 10.9. The molecular weight excluding hydrogens is 617 g/mol. The number of rotatable bonds is 3. The van der Waals surface area contributed by atoms with Crippen molar-refractivity contribution in [1.29, 1.82) is 0 Å². The van der Waals surface area contributed by atoms with Crippen LogP contribution in [-0.4, -0.2) is 0 Å². The fraction of sp³-hybridized carbons (Fsp3) is 0. The number of furan rings is 1. The molecule has 0 unspecified atom stereocenters. The van der Waals surface area contributed by atoms with Gasteiger partial charge in [0.2, 0.25) is 0 Å². The largest absolute Gasteiger partial charge is 0.456 e. The molecule has 0 aliphatic carbocycles. The van der Waals surface area contributed by atoms with E-state index >= 15 is 0 Å².